The van der Waals surface area contributed by atoms with Crippen molar-refractivity contribution in [3.05, 3.63) is 81.5 Å². The SMILES string of the molecule is Cn1cc(-c2ccnc(N3CCn4c(cc5c4CC(C)(C)C5)C3=O)c2CO)cc(Nc2cnc(C#N)cn2)c1=O. The number of anilines is 3. The third-order valence-corrected chi connectivity index (χ3v) is 7.60. The van der Waals surface area contributed by atoms with Crippen LogP contribution in [0.5, 0.6) is 0 Å². The van der Waals surface area contributed by atoms with Gasteiger partial charge in [-0.25, -0.2) is 15.0 Å². The molecule has 1 aliphatic carbocycles. The first-order chi connectivity index (χ1) is 19.2. The summed E-state index contributed by atoms with van der Waals surface area (Å²) >= 11 is 0. The Bertz CT molecular complexity index is 1760. The van der Waals surface area contributed by atoms with Crippen LogP contribution < -0.4 is 15.8 Å². The molecule has 0 aromatic carbocycles. The molecule has 1 aliphatic heterocycles. The Kier molecular flexibility index (Phi) is 6.00. The van der Waals surface area contributed by atoms with Gasteiger partial charge in [0, 0.05) is 49.4 Å². The smallest absolute Gasteiger partial charge is 0.276 e. The van der Waals surface area contributed by atoms with Crippen LogP contribution in [0, 0.1) is 16.7 Å². The zero-order chi connectivity index (χ0) is 28.2. The summed E-state index contributed by atoms with van der Waals surface area (Å²) in [6.07, 6.45) is 7.87. The molecular weight excluding hydrogens is 508 g/mol. The van der Waals surface area contributed by atoms with Gasteiger partial charge in [0.25, 0.3) is 11.5 Å². The van der Waals surface area contributed by atoms with E-state index in [1.54, 1.807) is 36.5 Å². The molecular formula is C29H28N8O3. The van der Waals surface area contributed by atoms with E-state index in [4.69, 9.17) is 5.26 Å². The van der Waals surface area contributed by atoms with Crippen molar-refractivity contribution in [2.75, 3.05) is 16.8 Å². The fourth-order valence-electron chi connectivity index (χ4n) is 5.79. The molecule has 4 aromatic heterocycles. The molecule has 2 aliphatic rings. The number of nitriles is 1. The maximum Gasteiger partial charge on any atom is 0.276 e. The fraction of sp³-hybridized carbons (Fsp3) is 0.310. The third-order valence-electron chi connectivity index (χ3n) is 7.60. The number of pyridine rings is 2. The van der Waals surface area contributed by atoms with E-state index < -0.39 is 0 Å². The molecule has 4 aromatic rings. The molecule has 0 saturated heterocycles. The topological polar surface area (TPSA) is 142 Å². The lowest BCUT2D eigenvalue weighted by Crippen LogP contribution is -2.41. The lowest BCUT2D eigenvalue weighted by Gasteiger charge is -2.31. The number of carbonyl (C=O) groups is 1. The number of nitrogens with one attached hydrogen (secondary N) is 1. The second kappa shape index (κ2) is 9.43. The van der Waals surface area contributed by atoms with Crippen molar-refractivity contribution in [3.63, 3.8) is 0 Å². The molecule has 0 bridgehead atoms. The number of hydrogen-bond acceptors (Lipinski definition) is 8. The predicted octanol–water partition coefficient (Wildman–Crippen LogP) is 2.93. The molecule has 5 heterocycles. The van der Waals surface area contributed by atoms with Crippen molar-refractivity contribution in [3.8, 4) is 17.2 Å². The van der Waals surface area contributed by atoms with E-state index >= 15 is 0 Å². The van der Waals surface area contributed by atoms with Gasteiger partial charge in [0.2, 0.25) is 0 Å². The van der Waals surface area contributed by atoms with Crippen LogP contribution >= 0.6 is 0 Å². The van der Waals surface area contributed by atoms with E-state index in [2.05, 4.69) is 38.7 Å². The van der Waals surface area contributed by atoms with Crippen molar-refractivity contribution in [1.29, 1.82) is 5.26 Å². The number of aliphatic hydroxyl groups excluding tert-OH is 1. The van der Waals surface area contributed by atoms with Gasteiger partial charge in [0.1, 0.15) is 29.1 Å². The van der Waals surface area contributed by atoms with Crippen molar-refractivity contribution >= 4 is 23.2 Å². The minimum Gasteiger partial charge on any atom is -0.392 e. The van der Waals surface area contributed by atoms with Gasteiger partial charge in [-0.2, -0.15) is 5.26 Å². The maximum atomic E-state index is 13.7. The standard InChI is InChI=1S/C29H28N8O3/c1-29(2)10-17-9-23-28(40)37(7-6-36(23)24(17)11-29)26-21(16-38)20(4-5-31-26)18-8-22(27(39)35(3)15-18)34-25-14-32-19(12-30)13-33-25/h4-5,8-9,13-15,38H,6-7,10-11,16H2,1-3H3,(H,33,34). The minimum absolute atomic E-state index is 0.139. The molecule has 202 valence electrons. The quantitative estimate of drug-likeness (QED) is 0.397. The molecule has 1 amide bonds. The molecule has 0 spiro atoms. The summed E-state index contributed by atoms with van der Waals surface area (Å²) < 4.78 is 3.57. The lowest BCUT2D eigenvalue weighted by molar-refractivity contribution is 0.0962. The van der Waals surface area contributed by atoms with Crippen LogP contribution in [0.1, 0.15) is 46.9 Å². The predicted molar refractivity (Wildman–Crippen MR) is 148 cm³/mol. The van der Waals surface area contributed by atoms with Crippen molar-refractivity contribution in [2.45, 2.75) is 39.8 Å². The molecule has 0 radical (unpaired) electrons. The first-order valence-corrected chi connectivity index (χ1v) is 13.0. The Labute approximate surface area is 230 Å². The van der Waals surface area contributed by atoms with Crippen molar-refractivity contribution in [2.24, 2.45) is 12.5 Å². The van der Waals surface area contributed by atoms with Gasteiger partial charge in [-0.3, -0.25) is 14.5 Å². The van der Waals surface area contributed by atoms with Crippen molar-refractivity contribution in [1.82, 2.24) is 24.1 Å². The first-order valence-electron chi connectivity index (χ1n) is 13.0. The van der Waals surface area contributed by atoms with Gasteiger partial charge >= 0.3 is 0 Å². The summed E-state index contributed by atoms with van der Waals surface area (Å²) in [5.74, 6) is 0.572. The molecule has 0 fully saturated rings. The summed E-state index contributed by atoms with van der Waals surface area (Å²) in [5.41, 5.74) is 5.23. The van der Waals surface area contributed by atoms with Crippen molar-refractivity contribution < 1.29 is 9.90 Å². The molecule has 0 saturated carbocycles. The number of fused-ring (bicyclic) bond motifs is 3. The highest BCUT2D eigenvalue weighted by Crippen LogP contribution is 2.40. The van der Waals surface area contributed by atoms with E-state index in [1.165, 1.54) is 28.2 Å². The number of carbonyl (C=O) groups excluding carboxylic acids is 1. The van der Waals surface area contributed by atoms with Crippen LogP contribution in [0.4, 0.5) is 17.3 Å². The van der Waals surface area contributed by atoms with Crippen LogP contribution in [0.15, 0.2) is 47.8 Å². The van der Waals surface area contributed by atoms with Gasteiger partial charge < -0.3 is 19.6 Å². The van der Waals surface area contributed by atoms with Gasteiger partial charge in [0.05, 0.1) is 19.0 Å². The highest BCUT2D eigenvalue weighted by molar-refractivity contribution is 6.06. The molecule has 11 nitrogen and oxygen atoms in total. The maximum absolute atomic E-state index is 13.7. The minimum atomic E-state index is -0.347. The number of aliphatic hydroxyl groups is 1. The fourth-order valence-corrected chi connectivity index (χ4v) is 5.79. The Hall–Kier alpha value is -4.82. The Morgan fingerprint density at radius 2 is 1.95 bits per heavy atom. The number of nitrogens with zero attached hydrogens (tertiary/aromatic N) is 7. The number of rotatable bonds is 5. The van der Waals surface area contributed by atoms with Crippen LogP contribution in [0.3, 0.4) is 0 Å². The summed E-state index contributed by atoms with van der Waals surface area (Å²) in [4.78, 5) is 40.9. The van der Waals surface area contributed by atoms with Crippen LogP contribution in [-0.2, 0) is 33.0 Å². The molecule has 40 heavy (non-hydrogen) atoms. The number of hydrogen-bond donors (Lipinski definition) is 2. The van der Waals surface area contributed by atoms with E-state index in [9.17, 15) is 14.7 Å². The number of aromatic nitrogens is 5. The summed E-state index contributed by atoms with van der Waals surface area (Å²) in [5, 5.41) is 22.4. The van der Waals surface area contributed by atoms with E-state index in [-0.39, 0.29) is 34.9 Å². The number of amides is 1. The second-order valence-electron chi connectivity index (χ2n) is 11.0. The second-order valence-corrected chi connectivity index (χ2v) is 11.0. The first kappa shape index (κ1) is 25.5. The third kappa shape index (κ3) is 4.23. The summed E-state index contributed by atoms with van der Waals surface area (Å²) in [6, 6.07) is 7.34. The zero-order valence-electron chi connectivity index (χ0n) is 22.5. The van der Waals surface area contributed by atoms with E-state index in [1.807, 2.05) is 12.1 Å². The molecule has 0 unspecified atom stereocenters. The van der Waals surface area contributed by atoms with Gasteiger partial charge in [-0.15, -0.1) is 0 Å². The van der Waals surface area contributed by atoms with Gasteiger partial charge in [0.15, 0.2) is 5.69 Å². The van der Waals surface area contributed by atoms with E-state index in [0.717, 1.165) is 12.8 Å². The Morgan fingerprint density at radius 3 is 2.67 bits per heavy atom. The zero-order valence-corrected chi connectivity index (χ0v) is 22.5. The lowest BCUT2D eigenvalue weighted by atomic mass is 9.90. The van der Waals surface area contributed by atoms with Crippen LogP contribution in [0.25, 0.3) is 11.1 Å². The van der Waals surface area contributed by atoms with E-state index in [0.29, 0.717) is 47.1 Å². The van der Waals surface area contributed by atoms with Crippen LogP contribution in [-0.4, -0.2) is 41.6 Å². The summed E-state index contributed by atoms with van der Waals surface area (Å²) in [6.45, 7) is 5.24. The summed E-state index contributed by atoms with van der Waals surface area (Å²) in [7, 11) is 1.63. The van der Waals surface area contributed by atoms with Gasteiger partial charge in [-0.1, -0.05) is 13.8 Å². The normalized spacial score (nSPS) is 15.5. The molecule has 2 N–H and O–H groups in total. The molecule has 6 rings (SSSR count). The average molecular weight is 537 g/mol. The van der Waals surface area contributed by atoms with Gasteiger partial charge in [-0.05, 0) is 47.6 Å². The highest BCUT2D eigenvalue weighted by Gasteiger charge is 2.37. The molecule has 11 heteroatoms. The Morgan fingerprint density at radius 1 is 1.12 bits per heavy atom. The Balaban J connectivity index is 1.36. The monoisotopic (exact) mass is 536 g/mol. The largest absolute Gasteiger partial charge is 0.392 e. The van der Waals surface area contributed by atoms with Crippen LogP contribution in [0.2, 0.25) is 0 Å². The average Bonchev–Trinajstić information content (AvgIpc) is 3.43. The molecule has 0 atom stereocenters. The number of aryl methyl sites for hydroxylation is 1. The highest BCUT2D eigenvalue weighted by atomic mass is 16.3.